The molecule has 0 bridgehead atoms. The molecule has 16 heavy (non-hydrogen) atoms. The standard InChI is InChI=1S/C11H14F2N2S/c12-10-8(7-14)1-2-9(11(10)13)15-3-5-16-6-4-15/h1-2H,3-7,14H2. The van der Waals surface area contributed by atoms with Gasteiger partial charge in [-0.1, -0.05) is 6.07 Å². The monoisotopic (exact) mass is 244 g/mol. The van der Waals surface area contributed by atoms with Gasteiger partial charge in [-0.25, -0.2) is 8.78 Å². The van der Waals surface area contributed by atoms with Crippen LogP contribution in [-0.2, 0) is 6.54 Å². The number of nitrogens with two attached hydrogens (primary N) is 1. The van der Waals surface area contributed by atoms with E-state index in [0.717, 1.165) is 24.6 Å². The van der Waals surface area contributed by atoms with Crippen molar-refractivity contribution >= 4 is 17.4 Å². The van der Waals surface area contributed by atoms with Crippen molar-refractivity contribution in [3.63, 3.8) is 0 Å². The van der Waals surface area contributed by atoms with Gasteiger partial charge in [-0.05, 0) is 6.07 Å². The SMILES string of the molecule is NCc1ccc(N2CCSCC2)c(F)c1F. The van der Waals surface area contributed by atoms with Crippen LogP contribution in [0.3, 0.4) is 0 Å². The third kappa shape index (κ3) is 2.15. The second kappa shape index (κ2) is 5.01. The number of hydrogen-bond acceptors (Lipinski definition) is 3. The number of halogens is 2. The van der Waals surface area contributed by atoms with Crippen molar-refractivity contribution in [1.29, 1.82) is 0 Å². The molecular weight excluding hydrogens is 230 g/mol. The van der Waals surface area contributed by atoms with E-state index in [0.29, 0.717) is 5.69 Å². The first-order chi connectivity index (χ1) is 7.74. The maximum atomic E-state index is 13.8. The fourth-order valence-corrected chi connectivity index (χ4v) is 2.69. The summed E-state index contributed by atoms with van der Waals surface area (Å²) in [4.78, 5) is 1.88. The summed E-state index contributed by atoms with van der Waals surface area (Å²) in [5.74, 6) is 0.340. The van der Waals surface area contributed by atoms with Crippen molar-refractivity contribution in [3.8, 4) is 0 Å². The van der Waals surface area contributed by atoms with Crippen molar-refractivity contribution in [2.75, 3.05) is 29.5 Å². The van der Waals surface area contributed by atoms with Gasteiger partial charge in [0.1, 0.15) is 0 Å². The van der Waals surface area contributed by atoms with Gasteiger partial charge in [0.25, 0.3) is 0 Å². The zero-order chi connectivity index (χ0) is 11.5. The van der Waals surface area contributed by atoms with Crippen LogP contribution in [0.15, 0.2) is 12.1 Å². The van der Waals surface area contributed by atoms with E-state index in [1.54, 1.807) is 12.1 Å². The average Bonchev–Trinajstić information content (AvgIpc) is 2.34. The molecule has 1 saturated heterocycles. The number of anilines is 1. The van der Waals surface area contributed by atoms with Crippen molar-refractivity contribution in [3.05, 3.63) is 29.3 Å². The second-order valence-corrected chi connectivity index (χ2v) is 4.90. The maximum Gasteiger partial charge on any atom is 0.182 e. The molecule has 0 aliphatic carbocycles. The molecule has 0 atom stereocenters. The van der Waals surface area contributed by atoms with Gasteiger partial charge in [-0.15, -0.1) is 0 Å². The van der Waals surface area contributed by atoms with E-state index >= 15 is 0 Å². The minimum atomic E-state index is -0.807. The summed E-state index contributed by atoms with van der Waals surface area (Å²) in [6, 6.07) is 3.19. The van der Waals surface area contributed by atoms with E-state index < -0.39 is 11.6 Å². The van der Waals surface area contributed by atoms with Crippen LogP contribution in [0.4, 0.5) is 14.5 Å². The Hall–Kier alpha value is -0.810. The Morgan fingerprint density at radius 3 is 2.50 bits per heavy atom. The second-order valence-electron chi connectivity index (χ2n) is 3.68. The molecule has 5 heteroatoms. The Morgan fingerprint density at radius 1 is 1.19 bits per heavy atom. The minimum Gasteiger partial charge on any atom is -0.367 e. The highest BCUT2D eigenvalue weighted by atomic mass is 32.2. The summed E-state index contributed by atoms with van der Waals surface area (Å²) in [7, 11) is 0. The topological polar surface area (TPSA) is 29.3 Å². The quantitative estimate of drug-likeness (QED) is 0.862. The fraction of sp³-hybridized carbons (Fsp3) is 0.455. The summed E-state index contributed by atoms with van der Waals surface area (Å²) in [5.41, 5.74) is 5.91. The lowest BCUT2D eigenvalue weighted by molar-refractivity contribution is 0.497. The molecular formula is C11H14F2N2S. The lowest BCUT2D eigenvalue weighted by Crippen LogP contribution is -2.33. The van der Waals surface area contributed by atoms with Gasteiger partial charge in [0.05, 0.1) is 5.69 Å². The minimum absolute atomic E-state index is 0.0267. The first-order valence-electron chi connectivity index (χ1n) is 5.23. The third-order valence-electron chi connectivity index (χ3n) is 2.71. The first kappa shape index (κ1) is 11.7. The molecule has 0 aromatic heterocycles. The van der Waals surface area contributed by atoms with E-state index in [9.17, 15) is 8.78 Å². The molecule has 1 aliphatic rings. The fourth-order valence-electron chi connectivity index (χ4n) is 1.79. The highest BCUT2D eigenvalue weighted by molar-refractivity contribution is 7.99. The van der Waals surface area contributed by atoms with Crippen molar-refractivity contribution in [2.45, 2.75) is 6.54 Å². The average molecular weight is 244 g/mol. The Balaban J connectivity index is 2.30. The van der Waals surface area contributed by atoms with E-state index in [1.165, 1.54) is 0 Å². The zero-order valence-corrected chi connectivity index (χ0v) is 9.70. The molecule has 88 valence electrons. The molecule has 0 amide bonds. The van der Waals surface area contributed by atoms with Gasteiger partial charge in [0.15, 0.2) is 11.6 Å². The van der Waals surface area contributed by atoms with Crippen LogP contribution >= 0.6 is 11.8 Å². The van der Waals surface area contributed by atoms with Crippen LogP contribution < -0.4 is 10.6 Å². The molecule has 2 rings (SSSR count). The first-order valence-corrected chi connectivity index (χ1v) is 6.39. The normalized spacial score (nSPS) is 16.6. The molecule has 1 aromatic rings. The molecule has 0 saturated carbocycles. The third-order valence-corrected chi connectivity index (χ3v) is 3.66. The Morgan fingerprint density at radius 2 is 1.88 bits per heavy atom. The molecule has 2 N–H and O–H groups in total. The van der Waals surface area contributed by atoms with Gasteiger partial charge in [0.2, 0.25) is 0 Å². The summed E-state index contributed by atoms with van der Waals surface area (Å²) < 4.78 is 27.3. The molecule has 1 aliphatic heterocycles. The number of benzene rings is 1. The number of rotatable bonds is 2. The Bertz CT molecular complexity index is 378. The Labute approximate surface area is 97.8 Å². The smallest absolute Gasteiger partial charge is 0.182 e. The summed E-state index contributed by atoms with van der Waals surface area (Å²) in [5, 5.41) is 0. The summed E-state index contributed by atoms with van der Waals surface area (Å²) >= 11 is 1.83. The zero-order valence-electron chi connectivity index (χ0n) is 8.88. The molecule has 0 unspecified atom stereocenters. The van der Waals surface area contributed by atoms with Crippen LogP contribution in [0.5, 0.6) is 0 Å². The van der Waals surface area contributed by atoms with E-state index in [1.807, 2.05) is 16.7 Å². The van der Waals surface area contributed by atoms with Gasteiger partial charge in [-0.3, -0.25) is 0 Å². The molecule has 2 nitrogen and oxygen atoms in total. The van der Waals surface area contributed by atoms with Gasteiger partial charge in [-0.2, -0.15) is 11.8 Å². The molecule has 1 heterocycles. The van der Waals surface area contributed by atoms with Crippen LogP contribution in [0.25, 0.3) is 0 Å². The van der Waals surface area contributed by atoms with Crippen molar-refractivity contribution in [1.82, 2.24) is 0 Å². The van der Waals surface area contributed by atoms with E-state index in [2.05, 4.69) is 0 Å². The van der Waals surface area contributed by atoms with E-state index in [-0.39, 0.29) is 12.1 Å². The van der Waals surface area contributed by atoms with Crippen LogP contribution in [0.1, 0.15) is 5.56 Å². The predicted molar refractivity (Wildman–Crippen MR) is 63.8 cm³/mol. The molecule has 1 fully saturated rings. The van der Waals surface area contributed by atoms with E-state index in [4.69, 9.17) is 5.73 Å². The Kier molecular flexibility index (Phi) is 3.66. The van der Waals surface area contributed by atoms with Crippen LogP contribution in [-0.4, -0.2) is 24.6 Å². The lowest BCUT2D eigenvalue weighted by Gasteiger charge is -2.29. The van der Waals surface area contributed by atoms with Gasteiger partial charge >= 0.3 is 0 Å². The number of nitrogens with zero attached hydrogens (tertiary/aromatic N) is 1. The largest absolute Gasteiger partial charge is 0.367 e. The van der Waals surface area contributed by atoms with Crippen molar-refractivity contribution < 1.29 is 8.78 Å². The van der Waals surface area contributed by atoms with Gasteiger partial charge in [0, 0.05) is 36.7 Å². The predicted octanol–water partition coefficient (Wildman–Crippen LogP) is 1.98. The summed E-state index contributed by atoms with van der Waals surface area (Å²) in [6.45, 7) is 1.56. The molecule has 0 spiro atoms. The summed E-state index contributed by atoms with van der Waals surface area (Å²) in [6.07, 6.45) is 0. The molecule has 0 radical (unpaired) electrons. The van der Waals surface area contributed by atoms with Crippen LogP contribution in [0, 0.1) is 11.6 Å². The number of hydrogen-bond donors (Lipinski definition) is 1. The van der Waals surface area contributed by atoms with Crippen molar-refractivity contribution in [2.24, 2.45) is 5.73 Å². The highest BCUT2D eigenvalue weighted by Crippen LogP contribution is 2.26. The van der Waals surface area contributed by atoms with Crippen LogP contribution in [0.2, 0.25) is 0 Å². The van der Waals surface area contributed by atoms with Gasteiger partial charge < -0.3 is 10.6 Å². The molecule has 1 aromatic carbocycles. The highest BCUT2D eigenvalue weighted by Gasteiger charge is 2.19. The number of thioether (sulfide) groups is 1. The lowest BCUT2D eigenvalue weighted by atomic mass is 10.1. The maximum absolute atomic E-state index is 13.8.